The van der Waals surface area contributed by atoms with Crippen molar-refractivity contribution in [2.45, 2.75) is 38.8 Å². The Morgan fingerprint density at radius 1 is 1.40 bits per heavy atom. The molecule has 2 N–H and O–H groups in total. The number of nitrogens with one attached hydrogen (secondary N) is 1. The molecule has 0 fully saturated rings. The molecule has 0 aromatic heterocycles. The summed E-state index contributed by atoms with van der Waals surface area (Å²) < 4.78 is 0.998. The first-order valence-corrected chi connectivity index (χ1v) is 7.61. The van der Waals surface area contributed by atoms with Crippen LogP contribution >= 0.6 is 15.9 Å². The number of aliphatic imine (C=N–C) groups is 1. The third kappa shape index (κ3) is 3.41. The number of halogens is 1. The Morgan fingerprint density at radius 2 is 2.15 bits per heavy atom. The van der Waals surface area contributed by atoms with Gasteiger partial charge < -0.3 is 5.32 Å². The van der Waals surface area contributed by atoms with Crippen LogP contribution < -0.4 is 5.32 Å². The first kappa shape index (κ1) is 15.1. The topological polar surface area (TPSA) is 47.9 Å². The van der Waals surface area contributed by atoms with E-state index in [2.05, 4.69) is 33.2 Å². The van der Waals surface area contributed by atoms with Crippen molar-refractivity contribution in [3.63, 3.8) is 0 Å². The Balaban J connectivity index is 2.24. The largest absolute Gasteiger partial charge is 0.357 e. The summed E-state index contributed by atoms with van der Waals surface area (Å²) in [6.07, 6.45) is 6.25. The van der Waals surface area contributed by atoms with Gasteiger partial charge in [-0.1, -0.05) is 25.5 Å². The molecule has 108 valence electrons. The number of anilines is 1. The van der Waals surface area contributed by atoms with E-state index in [1.165, 1.54) is 6.34 Å². The van der Waals surface area contributed by atoms with Gasteiger partial charge in [0, 0.05) is 10.7 Å². The smallest absolute Gasteiger partial charge is 0.152 e. The van der Waals surface area contributed by atoms with Gasteiger partial charge in [-0.05, 0) is 53.4 Å². The van der Waals surface area contributed by atoms with Crippen molar-refractivity contribution in [3.05, 3.63) is 40.5 Å². The number of hydrogen-bond acceptors (Lipinski definition) is 4. The highest BCUT2D eigenvalue weighted by Gasteiger charge is 2.30. The van der Waals surface area contributed by atoms with Crippen LogP contribution in [-0.2, 0) is 0 Å². The number of para-hydroxylation sites is 1. The second kappa shape index (κ2) is 6.41. The van der Waals surface area contributed by atoms with Gasteiger partial charge >= 0.3 is 0 Å². The number of hydroxylamine groups is 2. The summed E-state index contributed by atoms with van der Waals surface area (Å²) in [5.41, 5.74) is 1.53. The van der Waals surface area contributed by atoms with Crippen molar-refractivity contribution in [1.29, 1.82) is 0 Å². The summed E-state index contributed by atoms with van der Waals surface area (Å²) in [7, 11) is 0. The Labute approximate surface area is 128 Å². The van der Waals surface area contributed by atoms with Crippen LogP contribution in [0.5, 0.6) is 0 Å². The van der Waals surface area contributed by atoms with Gasteiger partial charge in [0.1, 0.15) is 6.34 Å². The zero-order chi connectivity index (χ0) is 14.6. The van der Waals surface area contributed by atoms with Crippen LogP contribution in [0.1, 0.15) is 33.1 Å². The zero-order valence-electron chi connectivity index (χ0n) is 11.8. The lowest BCUT2D eigenvalue weighted by Crippen LogP contribution is -2.39. The van der Waals surface area contributed by atoms with E-state index in [1.807, 2.05) is 31.2 Å². The van der Waals surface area contributed by atoms with Crippen molar-refractivity contribution < 1.29 is 5.21 Å². The number of nitrogens with zero attached hydrogens (tertiary/aromatic N) is 2. The molecule has 1 aliphatic heterocycles. The van der Waals surface area contributed by atoms with Crippen molar-refractivity contribution >= 4 is 28.0 Å². The highest BCUT2D eigenvalue weighted by molar-refractivity contribution is 9.10. The van der Waals surface area contributed by atoms with Crippen molar-refractivity contribution in [1.82, 2.24) is 5.06 Å². The van der Waals surface area contributed by atoms with E-state index in [-0.39, 0.29) is 0 Å². The standard InChI is InChI=1S/C15H20BrN3O/c1-3-4-7-12-10-19(20)11-17-15(12,2)18-14-9-6-5-8-13(14)16/h5-6,8-11,18,20H,3-4,7H2,1-2H3. The Kier molecular flexibility index (Phi) is 4.83. The number of unbranched alkanes of at least 4 members (excludes halogenated alkanes) is 1. The van der Waals surface area contributed by atoms with E-state index in [1.54, 1.807) is 6.20 Å². The molecular formula is C15H20BrN3O. The second-order valence-corrected chi connectivity index (χ2v) is 5.91. The van der Waals surface area contributed by atoms with Gasteiger partial charge in [-0.15, -0.1) is 0 Å². The van der Waals surface area contributed by atoms with Crippen molar-refractivity contribution in [3.8, 4) is 0 Å². The fraction of sp³-hybridized carbons (Fsp3) is 0.400. The van der Waals surface area contributed by atoms with Crippen LogP contribution in [0, 0.1) is 0 Å². The lowest BCUT2D eigenvalue weighted by Gasteiger charge is -2.34. The van der Waals surface area contributed by atoms with E-state index in [4.69, 9.17) is 0 Å². The minimum absolute atomic E-state index is 0.529. The maximum absolute atomic E-state index is 9.60. The van der Waals surface area contributed by atoms with Crippen LogP contribution in [0.4, 0.5) is 5.69 Å². The molecule has 4 nitrogen and oxygen atoms in total. The van der Waals surface area contributed by atoms with Crippen LogP contribution in [0.25, 0.3) is 0 Å². The molecule has 0 radical (unpaired) electrons. The quantitative estimate of drug-likeness (QED) is 0.837. The maximum Gasteiger partial charge on any atom is 0.152 e. The molecule has 0 spiro atoms. The summed E-state index contributed by atoms with van der Waals surface area (Å²) in [5, 5.41) is 14.1. The lowest BCUT2D eigenvalue weighted by atomic mass is 9.96. The zero-order valence-corrected chi connectivity index (χ0v) is 13.4. The first-order valence-electron chi connectivity index (χ1n) is 6.81. The SMILES string of the molecule is CCCCC1=CN(O)C=NC1(C)Nc1ccccc1Br. The summed E-state index contributed by atoms with van der Waals surface area (Å²) in [6, 6.07) is 7.96. The predicted octanol–water partition coefficient (Wildman–Crippen LogP) is 4.38. The normalized spacial score (nSPS) is 21.8. The van der Waals surface area contributed by atoms with E-state index < -0.39 is 5.66 Å². The number of rotatable bonds is 5. The molecule has 0 aliphatic carbocycles. The number of benzene rings is 1. The first-order chi connectivity index (χ1) is 9.55. The van der Waals surface area contributed by atoms with Crippen LogP contribution in [0.3, 0.4) is 0 Å². The summed E-state index contributed by atoms with van der Waals surface area (Å²) in [6.45, 7) is 4.18. The Bertz CT molecular complexity index is 530. The van der Waals surface area contributed by atoms with Crippen LogP contribution in [0.2, 0.25) is 0 Å². The summed E-state index contributed by atoms with van der Waals surface area (Å²) >= 11 is 3.54. The van der Waals surface area contributed by atoms with Gasteiger partial charge in [-0.2, -0.15) is 0 Å². The maximum atomic E-state index is 9.60. The van der Waals surface area contributed by atoms with Crippen LogP contribution in [-0.4, -0.2) is 22.3 Å². The molecular weight excluding hydrogens is 318 g/mol. The third-order valence-electron chi connectivity index (χ3n) is 3.40. The molecule has 0 bridgehead atoms. The monoisotopic (exact) mass is 337 g/mol. The Morgan fingerprint density at radius 3 is 2.85 bits per heavy atom. The van der Waals surface area contributed by atoms with E-state index >= 15 is 0 Å². The van der Waals surface area contributed by atoms with Gasteiger partial charge in [-0.3, -0.25) is 5.21 Å². The molecule has 0 saturated heterocycles. The average Bonchev–Trinajstić information content (AvgIpc) is 2.43. The van der Waals surface area contributed by atoms with E-state index in [0.717, 1.165) is 40.1 Å². The highest BCUT2D eigenvalue weighted by Crippen LogP contribution is 2.32. The van der Waals surface area contributed by atoms with Gasteiger partial charge in [0.15, 0.2) is 5.66 Å². The van der Waals surface area contributed by atoms with Gasteiger partial charge in [-0.25, -0.2) is 10.1 Å². The summed E-state index contributed by atoms with van der Waals surface area (Å²) in [5.74, 6) is 0. The van der Waals surface area contributed by atoms with Gasteiger partial charge in [0.25, 0.3) is 0 Å². The lowest BCUT2D eigenvalue weighted by molar-refractivity contribution is 0.0384. The fourth-order valence-electron chi connectivity index (χ4n) is 2.19. The van der Waals surface area contributed by atoms with Gasteiger partial charge in [0.05, 0.1) is 5.69 Å². The van der Waals surface area contributed by atoms with E-state index in [0.29, 0.717) is 0 Å². The predicted molar refractivity (Wildman–Crippen MR) is 85.9 cm³/mol. The molecule has 1 aromatic rings. The minimum Gasteiger partial charge on any atom is -0.357 e. The second-order valence-electron chi connectivity index (χ2n) is 5.06. The molecule has 0 saturated carbocycles. The third-order valence-corrected chi connectivity index (χ3v) is 4.09. The highest BCUT2D eigenvalue weighted by atomic mass is 79.9. The van der Waals surface area contributed by atoms with E-state index in [9.17, 15) is 5.21 Å². The molecule has 20 heavy (non-hydrogen) atoms. The van der Waals surface area contributed by atoms with Crippen LogP contribution in [0.15, 0.2) is 45.5 Å². The van der Waals surface area contributed by atoms with Crippen molar-refractivity contribution in [2.24, 2.45) is 4.99 Å². The number of hydrogen-bond donors (Lipinski definition) is 2. The van der Waals surface area contributed by atoms with Gasteiger partial charge in [0.2, 0.25) is 0 Å². The summed E-state index contributed by atoms with van der Waals surface area (Å²) in [4.78, 5) is 4.46. The minimum atomic E-state index is -0.529. The molecule has 1 aromatic carbocycles. The molecule has 2 rings (SSSR count). The molecule has 5 heteroatoms. The molecule has 0 amide bonds. The average molecular weight is 338 g/mol. The fourth-order valence-corrected chi connectivity index (χ4v) is 2.57. The Hall–Kier alpha value is -1.33. The molecule has 1 unspecified atom stereocenters. The molecule has 1 heterocycles. The molecule has 1 atom stereocenters. The molecule has 1 aliphatic rings. The van der Waals surface area contributed by atoms with Crippen molar-refractivity contribution in [2.75, 3.05) is 5.32 Å².